The van der Waals surface area contributed by atoms with Gasteiger partial charge < -0.3 is 14.8 Å². The molecule has 1 aromatic heterocycles. The van der Waals surface area contributed by atoms with Crippen molar-refractivity contribution in [2.45, 2.75) is 44.4 Å². The molecule has 0 saturated carbocycles. The van der Waals surface area contributed by atoms with Crippen molar-refractivity contribution in [1.29, 1.82) is 0 Å². The number of rotatable bonds is 3. The van der Waals surface area contributed by atoms with Crippen molar-refractivity contribution in [2.75, 3.05) is 19.8 Å². The molecule has 2 fully saturated rings. The van der Waals surface area contributed by atoms with Gasteiger partial charge in [-0.2, -0.15) is 0 Å². The molecule has 0 radical (unpaired) electrons. The standard InChI is InChI=1S/C15H24N2O2/c1-15(18)5-8-19-11-13(15)14-3-2-7-17(14)10-12-4-6-16-9-12/h4,6,9,13-14,16,18H,2-3,5,7-8,10-11H2,1H3/t13-,14+,15-/m0/s1. The molecule has 3 rings (SSSR count). The van der Waals surface area contributed by atoms with E-state index in [0.29, 0.717) is 19.3 Å². The molecule has 3 heterocycles. The van der Waals surface area contributed by atoms with Gasteiger partial charge in [0, 0.05) is 37.5 Å². The van der Waals surface area contributed by atoms with E-state index in [9.17, 15) is 5.11 Å². The van der Waals surface area contributed by atoms with Gasteiger partial charge in [-0.15, -0.1) is 0 Å². The molecule has 0 aromatic carbocycles. The first-order chi connectivity index (χ1) is 9.17. The number of nitrogens with zero attached hydrogens (tertiary/aromatic N) is 1. The van der Waals surface area contributed by atoms with Gasteiger partial charge in [0.2, 0.25) is 0 Å². The summed E-state index contributed by atoms with van der Waals surface area (Å²) in [6.45, 7) is 5.46. The summed E-state index contributed by atoms with van der Waals surface area (Å²) in [7, 11) is 0. The van der Waals surface area contributed by atoms with E-state index in [0.717, 1.165) is 19.5 Å². The molecule has 0 spiro atoms. The van der Waals surface area contributed by atoms with E-state index in [4.69, 9.17) is 4.74 Å². The molecule has 2 N–H and O–H groups in total. The van der Waals surface area contributed by atoms with Gasteiger partial charge in [-0.05, 0) is 44.4 Å². The molecule has 0 amide bonds. The molecular formula is C15H24N2O2. The van der Waals surface area contributed by atoms with Crippen molar-refractivity contribution in [1.82, 2.24) is 9.88 Å². The van der Waals surface area contributed by atoms with Crippen molar-refractivity contribution in [3.8, 4) is 0 Å². The number of aromatic amines is 1. The zero-order valence-electron chi connectivity index (χ0n) is 11.6. The Morgan fingerprint density at radius 3 is 3.21 bits per heavy atom. The summed E-state index contributed by atoms with van der Waals surface area (Å²) in [5.74, 6) is 0.239. The third-order valence-electron chi connectivity index (χ3n) is 4.78. The Hall–Kier alpha value is -0.840. The number of H-pyrrole nitrogens is 1. The summed E-state index contributed by atoms with van der Waals surface area (Å²) >= 11 is 0. The molecule has 2 saturated heterocycles. The van der Waals surface area contributed by atoms with Crippen LogP contribution in [0.5, 0.6) is 0 Å². The number of hydrogen-bond acceptors (Lipinski definition) is 3. The molecule has 0 aliphatic carbocycles. The number of hydrogen-bond donors (Lipinski definition) is 2. The SMILES string of the molecule is C[C@]1(O)CCOC[C@H]1[C@H]1CCCN1Cc1cc[nH]c1. The van der Waals surface area contributed by atoms with Crippen LogP contribution >= 0.6 is 0 Å². The number of likely N-dealkylation sites (tertiary alicyclic amines) is 1. The van der Waals surface area contributed by atoms with E-state index in [2.05, 4.69) is 22.1 Å². The first kappa shape index (κ1) is 13.2. The van der Waals surface area contributed by atoms with Crippen LogP contribution in [0, 0.1) is 5.92 Å². The quantitative estimate of drug-likeness (QED) is 0.874. The van der Waals surface area contributed by atoms with Crippen LogP contribution in [-0.4, -0.2) is 46.4 Å². The minimum atomic E-state index is -0.580. The minimum Gasteiger partial charge on any atom is -0.390 e. The second-order valence-electron chi connectivity index (χ2n) is 6.19. The fourth-order valence-electron chi connectivity index (χ4n) is 3.57. The number of aromatic nitrogens is 1. The summed E-state index contributed by atoms with van der Waals surface area (Å²) in [6, 6.07) is 2.58. The van der Waals surface area contributed by atoms with Crippen LogP contribution in [0.3, 0.4) is 0 Å². The fraction of sp³-hybridized carbons (Fsp3) is 0.733. The monoisotopic (exact) mass is 264 g/mol. The van der Waals surface area contributed by atoms with Gasteiger partial charge in [-0.25, -0.2) is 0 Å². The highest BCUT2D eigenvalue weighted by Crippen LogP contribution is 2.36. The lowest BCUT2D eigenvalue weighted by Gasteiger charge is -2.43. The summed E-state index contributed by atoms with van der Waals surface area (Å²) in [5, 5.41) is 10.6. The number of nitrogens with one attached hydrogen (secondary N) is 1. The predicted octanol–water partition coefficient (Wildman–Crippen LogP) is 1.77. The Morgan fingerprint density at radius 1 is 1.58 bits per heavy atom. The van der Waals surface area contributed by atoms with Crippen LogP contribution in [0.2, 0.25) is 0 Å². The topological polar surface area (TPSA) is 48.5 Å². The number of aliphatic hydroxyl groups is 1. The lowest BCUT2D eigenvalue weighted by molar-refractivity contribution is -0.123. The van der Waals surface area contributed by atoms with Gasteiger partial charge >= 0.3 is 0 Å². The normalized spacial score (nSPS) is 36.7. The molecule has 19 heavy (non-hydrogen) atoms. The van der Waals surface area contributed by atoms with E-state index in [-0.39, 0.29) is 5.92 Å². The average Bonchev–Trinajstić information content (AvgIpc) is 3.01. The largest absolute Gasteiger partial charge is 0.390 e. The number of ether oxygens (including phenoxy) is 1. The van der Waals surface area contributed by atoms with Crippen molar-refractivity contribution < 1.29 is 9.84 Å². The Labute approximate surface area is 114 Å². The lowest BCUT2D eigenvalue weighted by Crippen LogP contribution is -2.52. The highest BCUT2D eigenvalue weighted by Gasteiger charge is 2.43. The highest BCUT2D eigenvalue weighted by molar-refractivity contribution is 5.09. The second-order valence-corrected chi connectivity index (χ2v) is 6.19. The van der Waals surface area contributed by atoms with E-state index in [1.54, 1.807) is 0 Å². The maximum Gasteiger partial charge on any atom is 0.0706 e. The van der Waals surface area contributed by atoms with Gasteiger partial charge in [-0.1, -0.05) is 0 Å². The van der Waals surface area contributed by atoms with Gasteiger partial charge in [0.05, 0.1) is 12.2 Å². The van der Waals surface area contributed by atoms with Crippen molar-refractivity contribution in [3.05, 3.63) is 24.0 Å². The fourth-order valence-corrected chi connectivity index (χ4v) is 3.57. The van der Waals surface area contributed by atoms with Crippen LogP contribution in [0.1, 0.15) is 31.7 Å². The van der Waals surface area contributed by atoms with Gasteiger partial charge in [0.25, 0.3) is 0 Å². The summed E-state index contributed by atoms with van der Waals surface area (Å²) in [6.07, 6.45) is 7.19. The predicted molar refractivity (Wildman–Crippen MR) is 73.8 cm³/mol. The van der Waals surface area contributed by atoms with Crippen molar-refractivity contribution >= 4 is 0 Å². The third kappa shape index (κ3) is 2.71. The minimum absolute atomic E-state index is 0.239. The summed E-state index contributed by atoms with van der Waals surface area (Å²) < 4.78 is 5.62. The lowest BCUT2D eigenvalue weighted by atomic mass is 9.79. The van der Waals surface area contributed by atoms with Crippen LogP contribution in [-0.2, 0) is 11.3 Å². The van der Waals surface area contributed by atoms with Gasteiger partial charge in [0.1, 0.15) is 0 Å². The van der Waals surface area contributed by atoms with Crippen LogP contribution in [0.25, 0.3) is 0 Å². The Kier molecular flexibility index (Phi) is 3.65. The second kappa shape index (κ2) is 5.27. The molecule has 2 aliphatic heterocycles. The highest BCUT2D eigenvalue weighted by atomic mass is 16.5. The van der Waals surface area contributed by atoms with E-state index >= 15 is 0 Å². The van der Waals surface area contributed by atoms with Gasteiger partial charge in [-0.3, -0.25) is 4.90 Å². The smallest absolute Gasteiger partial charge is 0.0706 e. The zero-order valence-corrected chi connectivity index (χ0v) is 11.6. The molecule has 4 nitrogen and oxygen atoms in total. The Balaban J connectivity index is 1.71. The third-order valence-corrected chi connectivity index (χ3v) is 4.78. The average molecular weight is 264 g/mol. The Bertz CT molecular complexity index is 402. The molecule has 4 heteroatoms. The van der Waals surface area contributed by atoms with Crippen LogP contribution in [0.15, 0.2) is 18.5 Å². The molecule has 0 unspecified atom stereocenters. The summed E-state index contributed by atoms with van der Waals surface area (Å²) in [5.41, 5.74) is 0.743. The molecular weight excluding hydrogens is 240 g/mol. The van der Waals surface area contributed by atoms with E-state index in [1.165, 1.54) is 18.4 Å². The van der Waals surface area contributed by atoms with Crippen molar-refractivity contribution in [3.63, 3.8) is 0 Å². The molecule has 2 aliphatic rings. The Morgan fingerprint density at radius 2 is 2.47 bits per heavy atom. The molecule has 106 valence electrons. The first-order valence-corrected chi connectivity index (χ1v) is 7.33. The molecule has 1 aromatic rings. The van der Waals surface area contributed by atoms with Gasteiger partial charge in [0.15, 0.2) is 0 Å². The zero-order chi connectivity index (χ0) is 13.3. The summed E-state index contributed by atoms with van der Waals surface area (Å²) in [4.78, 5) is 5.62. The van der Waals surface area contributed by atoms with Crippen molar-refractivity contribution in [2.24, 2.45) is 5.92 Å². The van der Waals surface area contributed by atoms with Crippen LogP contribution in [0.4, 0.5) is 0 Å². The van der Waals surface area contributed by atoms with E-state index in [1.807, 2.05) is 13.1 Å². The first-order valence-electron chi connectivity index (χ1n) is 7.33. The maximum absolute atomic E-state index is 10.6. The molecule has 0 bridgehead atoms. The molecule has 3 atom stereocenters. The maximum atomic E-state index is 10.6. The van der Waals surface area contributed by atoms with E-state index < -0.39 is 5.60 Å². The van der Waals surface area contributed by atoms with Crippen LogP contribution < -0.4 is 0 Å².